The molecule has 0 nitrogen and oxygen atoms in total. The molecule has 1 aromatic carbocycles. The van der Waals surface area contributed by atoms with Crippen LogP contribution in [0.4, 0.5) is 0 Å². The number of benzene rings is 1. The van der Waals surface area contributed by atoms with Gasteiger partial charge in [-0.2, -0.15) is 0 Å². The van der Waals surface area contributed by atoms with Gasteiger partial charge in [-0.05, 0) is 23.6 Å². The molecule has 0 N–H and O–H groups in total. The van der Waals surface area contributed by atoms with Crippen LogP contribution in [0.5, 0.6) is 0 Å². The molecule has 2 rings (SSSR count). The van der Waals surface area contributed by atoms with Crippen LogP contribution in [0.3, 0.4) is 0 Å². The van der Waals surface area contributed by atoms with E-state index in [1.807, 2.05) is 0 Å². The first kappa shape index (κ1) is 11.3. The first-order valence-corrected chi connectivity index (χ1v) is 5.85. The Balaban J connectivity index is 0.000000845. The second kappa shape index (κ2) is 4.60. The van der Waals surface area contributed by atoms with E-state index < -0.39 is 0 Å². The Morgan fingerprint density at radius 2 is 2.08 bits per heavy atom. The van der Waals surface area contributed by atoms with Gasteiger partial charge in [0.15, 0.2) is 0 Å². The van der Waals surface area contributed by atoms with E-state index in [2.05, 4.69) is 43.8 Å². The van der Waals surface area contributed by atoms with E-state index >= 15 is 0 Å². The Bertz CT molecular complexity index is 331. The number of rotatable bonds is 1. The minimum absolute atomic E-state index is 0. The molecule has 2 heteroatoms. The summed E-state index contributed by atoms with van der Waals surface area (Å²) in [5.74, 6) is 0. The molecule has 0 heterocycles. The number of allylic oxidation sites excluding steroid dienone is 1. The molecule has 0 aliphatic heterocycles. The van der Waals surface area contributed by atoms with Crippen molar-refractivity contribution in [3.05, 3.63) is 41.0 Å². The summed E-state index contributed by atoms with van der Waals surface area (Å²) >= 11 is 0. The largest absolute Gasteiger partial charge is 1.00 e. The molecule has 0 spiro atoms. The van der Waals surface area contributed by atoms with Crippen molar-refractivity contribution >= 4 is 15.6 Å². The summed E-state index contributed by atoms with van der Waals surface area (Å²) in [6.07, 6.45) is 4.58. The van der Waals surface area contributed by atoms with Crippen molar-refractivity contribution in [1.82, 2.24) is 0 Å². The molecule has 0 bridgehead atoms. The Morgan fingerprint density at radius 1 is 1.31 bits per heavy atom. The molecule has 1 atom stereocenters. The van der Waals surface area contributed by atoms with Crippen LogP contribution < -0.4 is 29.6 Å². The minimum atomic E-state index is 0. The van der Waals surface area contributed by atoms with Crippen LogP contribution in [-0.4, -0.2) is 9.52 Å². The van der Waals surface area contributed by atoms with Crippen molar-refractivity contribution in [3.8, 4) is 0 Å². The van der Waals surface area contributed by atoms with Gasteiger partial charge in [0.25, 0.3) is 0 Å². The Labute approximate surface area is 105 Å². The first-order chi connectivity index (χ1) is 5.81. The predicted octanol–water partition coefficient (Wildman–Crippen LogP) is -0.181. The van der Waals surface area contributed by atoms with E-state index in [9.17, 15) is 0 Å². The number of fused-ring (bicyclic) bond motifs is 1. The summed E-state index contributed by atoms with van der Waals surface area (Å²) in [5, 5.41) is 0. The van der Waals surface area contributed by atoms with Gasteiger partial charge in [0.1, 0.15) is 0 Å². The quantitative estimate of drug-likeness (QED) is 0.545. The average molecular weight is 195 g/mol. The van der Waals surface area contributed by atoms with Gasteiger partial charge in [-0.3, -0.25) is 0 Å². The summed E-state index contributed by atoms with van der Waals surface area (Å²) in [6, 6.07) is 6.75. The van der Waals surface area contributed by atoms with Crippen LogP contribution >= 0.6 is 0 Å². The van der Waals surface area contributed by atoms with E-state index in [4.69, 9.17) is 0 Å². The minimum Gasteiger partial charge on any atom is -0.0797 e. The van der Waals surface area contributed by atoms with Crippen molar-refractivity contribution in [3.63, 3.8) is 0 Å². The standard InChI is InChI=1S/C11H12Si.Na/c1-8-3-5-10-9(7-8)4-6-11(10)12-2;/h3-7,11H,1-2H3;/q;+1. The smallest absolute Gasteiger partial charge is 0.0797 e. The van der Waals surface area contributed by atoms with Crippen molar-refractivity contribution in [1.29, 1.82) is 0 Å². The molecule has 0 aromatic heterocycles. The summed E-state index contributed by atoms with van der Waals surface area (Å²) in [4.78, 5) is 0. The van der Waals surface area contributed by atoms with E-state index in [0.717, 1.165) is 9.52 Å². The molecule has 2 radical (unpaired) electrons. The molecule has 0 fully saturated rings. The normalized spacial score (nSPS) is 18.2. The predicted molar refractivity (Wildman–Crippen MR) is 54.6 cm³/mol. The Kier molecular flexibility index (Phi) is 3.99. The summed E-state index contributed by atoms with van der Waals surface area (Å²) in [7, 11) is 0.988. The third-order valence-corrected chi connectivity index (χ3v) is 3.48. The fourth-order valence-electron chi connectivity index (χ4n) is 1.68. The Morgan fingerprint density at radius 3 is 2.77 bits per heavy atom. The van der Waals surface area contributed by atoms with Gasteiger partial charge in [0, 0.05) is 9.52 Å². The van der Waals surface area contributed by atoms with Crippen LogP contribution in [-0.2, 0) is 0 Å². The molecule has 13 heavy (non-hydrogen) atoms. The number of hydrogen-bond acceptors (Lipinski definition) is 0. The van der Waals surface area contributed by atoms with Gasteiger partial charge < -0.3 is 0 Å². The molecule has 0 amide bonds. The zero-order valence-electron chi connectivity index (χ0n) is 8.46. The molecule has 1 aliphatic carbocycles. The SMILES string of the molecule is C[Si]C1C=Cc2cc(C)ccc21.[Na+]. The topological polar surface area (TPSA) is 0 Å². The third-order valence-electron chi connectivity index (χ3n) is 2.36. The molecule has 60 valence electrons. The van der Waals surface area contributed by atoms with Crippen LogP contribution in [0.2, 0.25) is 6.55 Å². The fraction of sp³-hybridized carbons (Fsp3) is 0.273. The van der Waals surface area contributed by atoms with Crippen molar-refractivity contribution in [2.75, 3.05) is 0 Å². The van der Waals surface area contributed by atoms with Crippen LogP contribution in [0.1, 0.15) is 22.2 Å². The molecule has 0 saturated carbocycles. The molecule has 1 aliphatic rings. The third kappa shape index (κ3) is 2.16. The molecule has 0 saturated heterocycles. The second-order valence-electron chi connectivity index (χ2n) is 3.26. The van der Waals surface area contributed by atoms with Crippen LogP contribution in [0, 0.1) is 6.92 Å². The van der Waals surface area contributed by atoms with Crippen LogP contribution in [0.25, 0.3) is 6.08 Å². The maximum Gasteiger partial charge on any atom is 1.00 e. The van der Waals surface area contributed by atoms with Gasteiger partial charge in [-0.15, -0.1) is 0 Å². The molecular weight excluding hydrogens is 183 g/mol. The average Bonchev–Trinajstić information content (AvgIpc) is 2.46. The zero-order chi connectivity index (χ0) is 8.55. The van der Waals surface area contributed by atoms with Gasteiger partial charge in [-0.1, -0.05) is 42.5 Å². The van der Waals surface area contributed by atoms with Gasteiger partial charge in [0.05, 0.1) is 0 Å². The second-order valence-corrected chi connectivity index (χ2v) is 4.46. The Hall–Kier alpha value is 0.177. The van der Waals surface area contributed by atoms with Gasteiger partial charge in [-0.25, -0.2) is 0 Å². The van der Waals surface area contributed by atoms with E-state index in [-0.39, 0.29) is 29.6 Å². The fourth-order valence-corrected chi connectivity index (χ4v) is 2.54. The van der Waals surface area contributed by atoms with Gasteiger partial charge in [0.2, 0.25) is 0 Å². The summed E-state index contributed by atoms with van der Waals surface area (Å²) in [6.45, 7) is 4.42. The van der Waals surface area contributed by atoms with E-state index in [0.29, 0.717) is 5.54 Å². The summed E-state index contributed by atoms with van der Waals surface area (Å²) < 4.78 is 0. The zero-order valence-corrected chi connectivity index (χ0v) is 11.5. The van der Waals surface area contributed by atoms with E-state index in [1.165, 1.54) is 16.7 Å². The van der Waals surface area contributed by atoms with E-state index in [1.54, 1.807) is 0 Å². The number of aryl methyl sites for hydroxylation is 1. The maximum atomic E-state index is 2.32. The maximum absolute atomic E-state index is 2.32. The monoisotopic (exact) mass is 195 g/mol. The van der Waals surface area contributed by atoms with Crippen molar-refractivity contribution in [2.45, 2.75) is 19.0 Å². The first-order valence-electron chi connectivity index (χ1n) is 4.27. The molecule has 1 unspecified atom stereocenters. The molecular formula is C11H12NaSi+. The van der Waals surface area contributed by atoms with Crippen molar-refractivity contribution < 1.29 is 29.6 Å². The van der Waals surface area contributed by atoms with Crippen LogP contribution in [0.15, 0.2) is 24.3 Å². The van der Waals surface area contributed by atoms with Gasteiger partial charge >= 0.3 is 29.6 Å². The number of hydrogen-bond donors (Lipinski definition) is 0. The molecule has 1 aromatic rings. The van der Waals surface area contributed by atoms with Crippen molar-refractivity contribution in [2.24, 2.45) is 0 Å². The summed E-state index contributed by atoms with van der Waals surface area (Å²) in [5.41, 5.74) is 5.00.